The molecule has 0 radical (unpaired) electrons. The molecule has 1 aromatic rings. The van der Waals surface area contributed by atoms with Crippen LogP contribution < -0.4 is 20.5 Å². The second-order valence-electron chi connectivity index (χ2n) is 4.77. The first-order valence-electron chi connectivity index (χ1n) is 6.62. The van der Waals surface area contributed by atoms with Gasteiger partial charge in [-0.15, -0.1) is 0 Å². The van der Waals surface area contributed by atoms with Crippen LogP contribution in [-0.2, 0) is 11.2 Å². The summed E-state index contributed by atoms with van der Waals surface area (Å²) < 4.78 is 10.9. The predicted molar refractivity (Wildman–Crippen MR) is 77.4 cm³/mol. The highest BCUT2D eigenvalue weighted by Crippen LogP contribution is 2.35. The SMILES string of the molecule is COc1cc(Cl)cc(CCN)c1OCC(=O)NC1CC1. The number of ether oxygens (including phenoxy) is 2. The Morgan fingerprint density at radius 1 is 1.50 bits per heavy atom. The Bertz CT molecular complexity index is 490. The first-order valence-corrected chi connectivity index (χ1v) is 7.00. The van der Waals surface area contributed by atoms with Gasteiger partial charge in [-0.3, -0.25) is 4.79 Å². The van der Waals surface area contributed by atoms with E-state index in [1.165, 1.54) is 7.11 Å². The third kappa shape index (κ3) is 4.02. The zero-order valence-electron chi connectivity index (χ0n) is 11.4. The summed E-state index contributed by atoms with van der Waals surface area (Å²) in [6.07, 6.45) is 2.71. The zero-order chi connectivity index (χ0) is 14.5. The van der Waals surface area contributed by atoms with Crippen LogP contribution in [0.25, 0.3) is 0 Å². The van der Waals surface area contributed by atoms with Gasteiger partial charge in [0, 0.05) is 22.7 Å². The molecule has 2 rings (SSSR count). The van der Waals surface area contributed by atoms with E-state index in [1.54, 1.807) is 12.1 Å². The molecule has 110 valence electrons. The van der Waals surface area contributed by atoms with E-state index in [0.29, 0.717) is 35.5 Å². The van der Waals surface area contributed by atoms with Crippen LogP contribution in [0.4, 0.5) is 0 Å². The van der Waals surface area contributed by atoms with Crippen molar-refractivity contribution >= 4 is 17.5 Å². The highest BCUT2D eigenvalue weighted by molar-refractivity contribution is 6.30. The molecule has 0 aliphatic heterocycles. The summed E-state index contributed by atoms with van der Waals surface area (Å²) in [6, 6.07) is 3.77. The molecular formula is C14H19ClN2O3. The van der Waals surface area contributed by atoms with E-state index in [-0.39, 0.29) is 12.5 Å². The lowest BCUT2D eigenvalue weighted by Gasteiger charge is -2.15. The van der Waals surface area contributed by atoms with Gasteiger partial charge < -0.3 is 20.5 Å². The van der Waals surface area contributed by atoms with E-state index < -0.39 is 0 Å². The molecule has 0 spiro atoms. The van der Waals surface area contributed by atoms with Gasteiger partial charge in [0.15, 0.2) is 18.1 Å². The Balaban J connectivity index is 2.08. The molecule has 1 fully saturated rings. The summed E-state index contributed by atoms with van der Waals surface area (Å²) in [7, 11) is 1.54. The molecule has 0 atom stereocenters. The summed E-state index contributed by atoms with van der Waals surface area (Å²) in [4.78, 5) is 11.7. The summed E-state index contributed by atoms with van der Waals surface area (Å²) in [5.74, 6) is 0.927. The summed E-state index contributed by atoms with van der Waals surface area (Å²) in [5.41, 5.74) is 6.43. The molecule has 1 aromatic carbocycles. The van der Waals surface area contributed by atoms with Crippen molar-refractivity contribution in [3.8, 4) is 11.5 Å². The lowest BCUT2D eigenvalue weighted by molar-refractivity contribution is -0.123. The minimum atomic E-state index is -0.122. The van der Waals surface area contributed by atoms with Gasteiger partial charge in [0.05, 0.1) is 7.11 Å². The van der Waals surface area contributed by atoms with Crippen molar-refractivity contribution in [3.05, 3.63) is 22.7 Å². The van der Waals surface area contributed by atoms with Gasteiger partial charge in [-0.1, -0.05) is 11.6 Å². The quantitative estimate of drug-likeness (QED) is 0.800. The average molecular weight is 299 g/mol. The Morgan fingerprint density at radius 3 is 2.85 bits per heavy atom. The third-order valence-corrected chi connectivity index (χ3v) is 3.24. The number of hydrogen-bond donors (Lipinski definition) is 2. The van der Waals surface area contributed by atoms with Gasteiger partial charge in [-0.2, -0.15) is 0 Å². The van der Waals surface area contributed by atoms with Crippen molar-refractivity contribution in [2.24, 2.45) is 5.73 Å². The van der Waals surface area contributed by atoms with E-state index in [0.717, 1.165) is 18.4 Å². The number of hydrogen-bond acceptors (Lipinski definition) is 4. The molecule has 0 aromatic heterocycles. The smallest absolute Gasteiger partial charge is 0.258 e. The number of halogens is 1. The number of amides is 1. The molecule has 1 amide bonds. The van der Waals surface area contributed by atoms with Gasteiger partial charge >= 0.3 is 0 Å². The third-order valence-electron chi connectivity index (χ3n) is 3.02. The molecule has 0 saturated heterocycles. The number of nitrogens with two attached hydrogens (primary N) is 1. The maximum atomic E-state index is 11.7. The first kappa shape index (κ1) is 14.9. The average Bonchev–Trinajstić information content (AvgIpc) is 3.21. The molecule has 20 heavy (non-hydrogen) atoms. The fourth-order valence-corrected chi connectivity index (χ4v) is 2.14. The van der Waals surface area contributed by atoms with Crippen LogP contribution in [-0.4, -0.2) is 32.2 Å². The van der Waals surface area contributed by atoms with Gasteiger partial charge in [-0.25, -0.2) is 0 Å². The van der Waals surface area contributed by atoms with E-state index in [9.17, 15) is 4.79 Å². The van der Waals surface area contributed by atoms with Crippen LogP contribution in [0, 0.1) is 0 Å². The summed E-state index contributed by atoms with van der Waals surface area (Å²) in [5, 5.41) is 3.42. The van der Waals surface area contributed by atoms with Gasteiger partial charge in [-0.05, 0) is 31.9 Å². The minimum Gasteiger partial charge on any atom is -0.493 e. The van der Waals surface area contributed by atoms with Gasteiger partial charge in [0.1, 0.15) is 0 Å². The molecule has 0 bridgehead atoms. The number of benzene rings is 1. The first-order chi connectivity index (χ1) is 9.63. The Hall–Kier alpha value is -1.46. The molecule has 1 saturated carbocycles. The van der Waals surface area contributed by atoms with Gasteiger partial charge in [0.25, 0.3) is 5.91 Å². The van der Waals surface area contributed by atoms with E-state index in [2.05, 4.69) is 5.32 Å². The van der Waals surface area contributed by atoms with E-state index in [1.807, 2.05) is 0 Å². The van der Waals surface area contributed by atoms with Crippen molar-refractivity contribution in [2.45, 2.75) is 25.3 Å². The number of carbonyl (C=O) groups excluding carboxylic acids is 1. The number of rotatable bonds is 7. The van der Waals surface area contributed by atoms with Crippen LogP contribution in [0.3, 0.4) is 0 Å². The van der Waals surface area contributed by atoms with Crippen LogP contribution >= 0.6 is 11.6 Å². The second-order valence-corrected chi connectivity index (χ2v) is 5.20. The minimum absolute atomic E-state index is 0.0357. The van der Waals surface area contributed by atoms with Crippen molar-refractivity contribution in [3.63, 3.8) is 0 Å². The molecule has 1 aliphatic rings. The molecule has 0 unspecified atom stereocenters. The largest absolute Gasteiger partial charge is 0.493 e. The summed E-state index contributed by atoms with van der Waals surface area (Å²) >= 11 is 6.02. The monoisotopic (exact) mass is 298 g/mol. The molecule has 5 nitrogen and oxygen atoms in total. The molecular weight excluding hydrogens is 280 g/mol. The van der Waals surface area contributed by atoms with Crippen LogP contribution in [0.15, 0.2) is 12.1 Å². The Morgan fingerprint density at radius 2 is 2.25 bits per heavy atom. The van der Waals surface area contributed by atoms with Crippen molar-refractivity contribution < 1.29 is 14.3 Å². The molecule has 1 aliphatic carbocycles. The molecule has 3 N–H and O–H groups in total. The van der Waals surface area contributed by atoms with Crippen molar-refractivity contribution in [1.29, 1.82) is 0 Å². The standard InChI is InChI=1S/C14H19ClN2O3/c1-19-12-7-10(15)6-9(4-5-16)14(12)20-8-13(18)17-11-2-3-11/h6-7,11H,2-5,8,16H2,1H3,(H,17,18). The fraction of sp³-hybridized carbons (Fsp3) is 0.500. The maximum absolute atomic E-state index is 11.7. The summed E-state index contributed by atoms with van der Waals surface area (Å²) in [6.45, 7) is 0.431. The van der Waals surface area contributed by atoms with Crippen LogP contribution in [0.2, 0.25) is 5.02 Å². The Kier molecular flexibility index (Phi) is 5.09. The highest BCUT2D eigenvalue weighted by Gasteiger charge is 2.23. The van der Waals surface area contributed by atoms with Crippen molar-refractivity contribution in [2.75, 3.05) is 20.3 Å². The van der Waals surface area contributed by atoms with Crippen LogP contribution in [0.5, 0.6) is 11.5 Å². The van der Waals surface area contributed by atoms with E-state index in [4.69, 9.17) is 26.8 Å². The highest BCUT2D eigenvalue weighted by atomic mass is 35.5. The second kappa shape index (κ2) is 6.81. The van der Waals surface area contributed by atoms with E-state index >= 15 is 0 Å². The topological polar surface area (TPSA) is 73.6 Å². The lowest BCUT2D eigenvalue weighted by atomic mass is 10.1. The normalized spacial score (nSPS) is 13.9. The Labute approximate surface area is 123 Å². The number of carbonyl (C=O) groups is 1. The molecule has 0 heterocycles. The zero-order valence-corrected chi connectivity index (χ0v) is 12.2. The predicted octanol–water partition coefficient (Wildman–Crippen LogP) is 1.51. The molecule has 6 heteroatoms. The number of methoxy groups -OCH3 is 1. The fourth-order valence-electron chi connectivity index (χ4n) is 1.91. The lowest BCUT2D eigenvalue weighted by Crippen LogP contribution is -2.30. The maximum Gasteiger partial charge on any atom is 0.258 e. The van der Waals surface area contributed by atoms with Crippen molar-refractivity contribution in [1.82, 2.24) is 5.32 Å². The number of nitrogens with one attached hydrogen (secondary N) is 1. The van der Waals surface area contributed by atoms with Crippen LogP contribution in [0.1, 0.15) is 18.4 Å². The van der Waals surface area contributed by atoms with Gasteiger partial charge in [0.2, 0.25) is 0 Å².